The lowest BCUT2D eigenvalue weighted by molar-refractivity contribution is -0.273. The lowest BCUT2D eigenvalue weighted by atomic mass is 9.81. The summed E-state index contributed by atoms with van der Waals surface area (Å²) < 4.78 is 12.0. The summed E-state index contributed by atoms with van der Waals surface area (Å²) in [6, 6.07) is 0. The van der Waals surface area contributed by atoms with Crippen molar-refractivity contribution in [1.29, 1.82) is 0 Å². The molecule has 0 unspecified atom stereocenters. The van der Waals surface area contributed by atoms with Crippen molar-refractivity contribution >= 4 is 0 Å². The molecule has 3 heteroatoms. The molecule has 2 aliphatic carbocycles. The highest BCUT2D eigenvalue weighted by Crippen LogP contribution is 2.54. The van der Waals surface area contributed by atoms with E-state index in [1.807, 2.05) is 0 Å². The molecule has 4 rings (SSSR count). The fraction of sp³-hybridized carbons (Fsp3) is 1.00. The summed E-state index contributed by atoms with van der Waals surface area (Å²) in [5.41, 5.74) is 0. The van der Waals surface area contributed by atoms with Crippen molar-refractivity contribution in [2.24, 2.45) is 11.8 Å². The minimum Gasteiger partial charge on any atom is -0.363 e. The number of hydrogen-bond acceptors (Lipinski definition) is 3. The molecule has 108 valence electrons. The Labute approximate surface area is 115 Å². The summed E-state index contributed by atoms with van der Waals surface area (Å²) in [6.07, 6.45) is 12.9. The summed E-state index contributed by atoms with van der Waals surface area (Å²) in [7, 11) is 0. The van der Waals surface area contributed by atoms with Crippen LogP contribution in [0.5, 0.6) is 0 Å². The standard InChI is InChI=1S/C16H26O3/c17-16(12-9-5-2-6-10-12)15-14(18-15)13(19-16)11-7-3-1-4-8-11/h11-15,17H,1-10H2/t13-,14-,15-,16-/m0/s1. The zero-order valence-corrected chi connectivity index (χ0v) is 11.7. The molecule has 4 fully saturated rings. The molecule has 2 saturated heterocycles. The monoisotopic (exact) mass is 266 g/mol. The zero-order chi connectivity index (χ0) is 12.9. The number of fused-ring (bicyclic) bond motifs is 1. The average Bonchev–Trinajstić information content (AvgIpc) is 3.22. The Hall–Kier alpha value is -0.120. The molecule has 0 bridgehead atoms. The van der Waals surface area contributed by atoms with Crippen LogP contribution in [0, 0.1) is 11.8 Å². The predicted octanol–water partition coefficient (Wildman–Crippen LogP) is 3.00. The van der Waals surface area contributed by atoms with Crippen LogP contribution in [0.1, 0.15) is 64.2 Å². The van der Waals surface area contributed by atoms with E-state index >= 15 is 0 Å². The highest BCUT2D eigenvalue weighted by atomic mass is 16.7. The molecule has 0 radical (unpaired) electrons. The second-order valence-corrected chi connectivity index (χ2v) is 7.09. The third-order valence-electron chi connectivity index (χ3n) is 5.89. The van der Waals surface area contributed by atoms with Crippen LogP contribution in [0.2, 0.25) is 0 Å². The van der Waals surface area contributed by atoms with Crippen molar-refractivity contribution in [2.45, 2.75) is 88.3 Å². The third-order valence-corrected chi connectivity index (χ3v) is 5.89. The van der Waals surface area contributed by atoms with Crippen molar-refractivity contribution in [2.75, 3.05) is 0 Å². The lowest BCUT2D eigenvalue weighted by Crippen LogP contribution is -2.46. The van der Waals surface area contributed by atoms with Gasteiger partial charge in [-0.1, -0.05) is 38.5 Å². The van der Waals surface area contributed by atoms with Crippen LogP contribution in [-0.2, 0) is 9.47 Å². The smallest absolute Gasteiger partial charge is 0.198 e. The Bertz CT molecular complexity index is 333. The van der Waals surface area contributed by atoms with E-state index in [0.29, 0.717) is 11.8 Å². The van der Waals surface area contributed by atoms with Crippen LogP contribution in [0.3, 0.4) is 0 Å². The fourth-order valence-electron chi connectivity index (χ4n) is 4.73. The number of aliphatic hydroxyl groups is 1. The maximum atomic E-state index is 11.0. The topological polar surface area (TPSA) is 42.0 Å². The van der Waals surface area contributed by atoms with Crippen LogP contribution in [-0.4, -0.2) is 29.2 Å². The molecular weight excluding hydrogens is 240 g/mol. The van der Waals surface area contributed by atoms with Crippen LogP contribution in [0.15, 0.2) is 0 Å². The highest BCUT2D eigenvalue weighted by Gasteiger charge is 2.69. The van der Waals surface area contributed by atoms with Crippen molar-refractivity contribution in [1.82, 2.24) is 0 Å². The van der Waals surface area contributed by atoms with E-state index in [0.717, 1.165) is 12.8 Å². The molecule has 3 nitrogen and oxygen atoms in total. The normalized spacial score (nSPS) is 48.2. The zero-order valence-electron chi connectivity index (χ0n) is 11.7. The minimum absolute atomic E-state index is 0.0115. The van der Waals surface area contributed by atoms with Gasteiger partial charge in [-0.3, -0.25) is 0 Å². The molecule has 19 heavy (non-hydrogen) atoms. The quantitative estimate of drug-likeness (QED) is 0.781. The van der Waals surface area contributed by atoms with Crippen LogP contribution < -0.4 is 0 Å². The predicted molar refractivity (Wildman–Crippen MR) is 71.6 cm³/mol. The van der Waals surface area contributed by atoms with Crippen LogP contribution in [0.4, 0.5) is 0 Å². The first-order chi connectivity index (χ1) is 9.29. The summed E-state index contributed by atoms with van der Waals surface area (Å²) in [5, 5.41) is 11.0. The number of ether oxygens (including phenoxy) is 2. The van der Waals surface area contributed by atoms with Crippen LogP contribution >= 0.6 is 0 Å². The van der Waals surface area contributed by atoms with Crippen LogP contribution in [0.25, 0.3) is 0 Å². The maximum Gasteiger partial charge on any atom is 0.198 e. The van der Waals surface area contributed by atoms with E-state index in [2.05, 4.69) is 0 Å². The molecule has 2 saturated carbocycles. The molecule has 4 aliphatic rings. The Morgan fingerprint density at radius 1 is 0.789 bits per heavy atom. The molecule has 2 aliphatic heterocycles. The highest BCUT2D eigenvalue weighted by molar-refractivity contribution is 5.11. The van der Waals surface area contributed by atoms with E-state index in [1.165, 1.54) is 51.4 Å². The number of hydrogen-bond donors (Lipinski definition) is 1. The molecule has 0 aromatic rings. The number of rotatable bonds is 2. The van der Waals surface area contributed by atoms with Gasteiger partial charge in [0.15, 0.2) is 5.79 Å². The molecular formula is C16H26O3. The van der Waals surface area contributed by atoms with Crippen molar-refractivity contribution < 1.29 is 14.6 Å². The van der Waals surface area contributed by atoms with Gasteiger partial charge in [-0.25, -0.2) is 0 Å². The van der Waals surface area contributed by atoms with Gasteiger partial charge in [-0.05, 0) is 31.6 Å². The van der Waals surface area contributed by atoms with Crippen molar-refractivity contribution in [3.63, 3.8) is 0 Å². The minimum atomic E-state index is -0.951. The number of epoxide rings is 1. The molecule has 1 N–H and O–H groups in total. The molecule has 0 amide bonds. The second-order valence-electron chi connectivity index (χ2n) is 7.09. The van der Waals surface area contributed by atoms with E-state index < -0.39 is 5.79 Å². The van der Waals surface area contributed by atoms with Gasteiger partial charge in [0.05, 0.1) is 6.10 Å². The summed E-state index contributed by atoms with van der Waals surface area (Å²) in [5.74, 6) is -0.0149. The van der Waals surface area contributed by atoms with Gasteiger partial charge in [0.1, 0.15) is 12.2 Å². The lowest BCUT2D eigenvalue weighted by Gasteiger charge is -2.38. The van der Waals surface area contributed by atoms with Gasteiger partial charge in [0.25, 0.3) is 0 Å². The van der Waals surface area contributed by atoms with Crippen molar-refractivity contribution in [3.05, 3.63) is 0 Å². The Balaban J connectivity index is 1.47. The molecule has 0 spiro atoms. The van der Waals surface area contributed by atoms with E-state index in [4.69, 9.17) is 9.47 Å². The first kappa shape index (κ1) is 12.6. The van der Waals surface area contributed by atoms with E-state index in [-0.39, 0.29) is 18.3 Å². The molecule has 4 atom stereocenters. The SMILES string of the molecule is O[C@@]1(C2CCCCC2)O[C@@H](C2CCCCC2)[C@@H]2O[C@@H]21. The first-order valence-corrected chi connectivity index (χ1v) is 8.35. The largest absolute Gasteiger partial charge is 0.363 e. The van der Waals surface area contributed by atoms with Gasteiger partial charge < -0.3 is 14.6 Å². The van der Waals surface area contributed by atoms with Gasteiger partial charge >= 0.3 is 0 Å². The van der Waals surface area contributed by atoms with Gasteiger partial charge in [0, 0.05) is 5.92 Å². The molecule has 2 heterocycles. The van der Waals surface area contributed by atoms with Gasteiger partial charge in [0.2, 0.25) is 0 Å². The van der Waals surface area contributed by atoms with E-state index in [1.54, 1.807) is 0 Å². The Morgan fingerprint density at radius 3 is 2.11 bits per heavy atom. The fourth-order valence-corrected chi connectivity index (χ4v) is 4.73. The molecule has 0 aromatic carbocycles. The summed E-state index contributed by atoms with van der Waals surface area (Å²) in [6.45, 7) is 0. The second kappa shape index (κ2) is 4.71. The van der Waals surface area contributed by atoms with Crippen molar-refractivity contribution in [3.8, 4) is 0 Å². The average molecular weight is 266 g/mol. The first-order valence-electron chi connectivity index (χ1n) is 8.35. The third kappa shape index (κ3) is 2.05. The van der Waals surface area contributed by atoms with Gasteiger partial charge in [-0.2, -0.15) is 0 Å². The molecule has 0 aromatic heterocycles. The summed E-state index contributed by atoms with van der Waals surface area (Å²) >= 11 is 0. The Kier molecular flexibility index (Phi) is 3.13. The summed E-state index contributed by atoms with van der Waals surface area (Å²) in [4.78, 5) is 0. The Morgan fingerprint density at radius 2 is 1.42 bits per heavy atom. The van der Waals surface area contributed by atoms with Gasteiger partial charge in [-0.15, -0.1) is 0 Å². The van der Waals surface area contributed by atoms with E-state index in [9.17, 15) is 5.11 Å². The maximum absolute atomic E-state index is 11.0.